The van der Waals surface area contributed by atoms with Crippen LogP contribution in [0.25, 0.3) is 0 Å². The van der Waals surface area contributed by atoms with E-state index in [1.54, 1.807) is 0 Å². The van der Waals surface area contributed by atoms with Crippen LogP contribution in [0.1, 0.15) is 91.9 Å². The molecule has 0 fully saturated rings. The average Bonchev–Trinajstić information content (AvgIpc) is 2.39. The minimum atomic E-state index is -5.39. The van der Waals surface area contributed by atoms with E-state index in [1.807, 2.05) is 0 Å². The van der Waals surface area contributed by atoms with Gasteiger partial charge >= 0.3 is 81.7 Å². The molecule has 0 aromatic rings. The molecule has 0 aromatic carbocycles. The van der Waals surface area contributed by atoms with Gasteiger partial charge in [0.15, 0.2) is 0 Å². The molecule has 0 saturated carbocycles. The van der Waals surface area contributed by atoms with Crippen LogP contribution >= 0.6 is 7.82 Å². The van der Waals surface area contributed by atoms with Gasteiger partial charge in [-0.2, -0.15) is 34.5 Å². The van der Waals surface area contributed by atoms with Crippen molar-refractivity contribution in [3.05, 3.63) is 12.8 Å². The Morgan fingerprint density at radius 1 is 0.696 bits per heavy atom. The van der Waals surface area contributed by atoms with Crippen LogP contribution in [0.5, 0.6) is 0 Å². The van der Waals surface area contributed by atoms with E-state index in [2.05, 4.69) is 40.5 Å². The second kappa shape index (κ2) is 32.5. The van der Waals surface area contributed by atoms with E-state index in [0.717, 1.165) is 0 Å². The van der Waals surface area contributed by atoms with Crippen LogP contribution in [0, 0.1) is 94.5 Å². The predicted molar refractivity (Wildman–Crippen MR) is 85.1 cm³/mol. The van der Waals surface area contributed by atoms with Gasteiger partial charge in [0.25, 0.3) is 0 Å². The van der Waals surface area contributed by atoms with Gasteiger partial charge in [-0.25, -0.2) is 0 Å². The van der Waals surface area contributed by atoms with E-state index in [1.165, 1.54) is 64.2 Å². The van der Waals surface area contributed by atoms with E-state index < -0.39 is 7.82 Å². The third kappa shape index (κ3) is 78.7. The fourth-order valence-corrected chi connectivity index (χ4v) is 1.55. The Labute approximate surface area is 210 Å². The Hall–Kier alpha value is 2.81. The van der Waals surface area contributed by atoms with Crippen LogP contribution in [0.4, 0.5) is 0 Å². The molecule has 7 heteroatoms. The maximum Gasteiger partial charge on any atom is 3.00 e. The van der Waals surface area contributed by atoms with Crippen molar-refractivity contribution >= 4 is 7.82 Å². The summed E-state index contributed by atoms with van der Waals surface area (Å²) in [7, 11) is -5.39. The molecule has 0 amide bonds. The fraction of sp³-hybridized carbons (Fsp3) is 0.875. The number of hydrogen-bond donors (Lipinski definition) is 0. The smallest absolute Gasteiger partial charge is 0.822 e. The maximum absolute atomic E-state index is 8.55. The molecule has 0 rings (SSSR count). The first kappa shape index (κ1) is 36.7. The number of hydrogen-bond acceptors (Lipinski definition) is 4. The monoisotopic (exact) mass is 605 g/mol. The van der Waals surface area contributed by atoms with Crippen LogP contribution in [0.2, 0.25) is 0 Å². The van der Waals surface area contributed by atoms with Crippen molar-refractivity contribution < 1.29 is 101 Å². The molecule has 0 spiro atoms. The van der Waals surface area contributed by atoms with Gasteiger partial charge in [-0.15, -0.1) is 0 Å². The van der Waals surface area contributed by atoms with Crippen molar-refractivity contribution in [2.45, 2.75) is 91.9 Å². The molecule has 0 aliphatic carbocycles. The molecule has 0 atom stereocenters. The van der Waals surface area contributed by atoms with Gasteiger partial charge in [-0.05, 0) is 0 Å². The first-order valence-corrected chi connectivity index (χ1v) is 9.58. The quantitative estimate of drug-likeness (QED) is 0.216. The second-order valence-electron chi connectivity index (χ2n) is 4.96. The SMILES string of the molecule is C[CH-]CCCCCC.C[CH-]CCCCCC.O=P([O-])([O-])[O-].[Nd+3].[Nd+3]. The third-order valence-electron chi connectivity index (χ3n) is 2.69. The molecule has 0 aromatic heterocycles. The van der Waals surface area contributed by atoms with Crippen molar-refractivity contribution in [2.24, 2.45) is 0 Å². The van der Waals surface area contributed by atoms with Crippen molar-refractivity contribution in [1.29, 1.82) is 0 Å². The number of unbranched alkanes of at least 4 members (excludes halogenated alkanes) is 10. The van der Waals surface area contributed by atoms with Crippen LogP contribution < -0.4 is 14.7 Å². The van der Waals surface area contributed by atoms with Crippen molar-refractivity contribution in [3.8, 4) is 0 Å². The van der Waals surface area contributed by atoms with Gasteiger partial charge in [0.1, 0.15) is 0 Å². The second-order valence-corrected chi connectivity index (χ2v) is 5.86. The Kier molecular flexibility index (Phi) is 51.8. The molecule has 0 heterocycles. The molecule has 0 N–H and O–H groups in total. The van der Waals surface area contributed by atoms with E-state index >= 15 is 0 Å². The fourth-order valence-electron chi connectivity index (χ4n) is 1.55. The molecule has 0 unspecified atom stereocenters. The normalized spacial score (nSPS) is 9.35. The van der Waals surface area contributed by atoms with Gasteiger partial charge in [0.2, 0.25) is 0 Å². The molecule has 4 nitrogen and oxygen atoms in total. The zero-order valence-electron chi connectivity index (χ0n) is 15.3. The van der Waals surface area contributed by atoms with E-state index in [9.17, 15) is 0 Å². The Morgan fingerprint density at radius 2 is 0.957 bits per heavy atom. The summed E-state index contributed by atoms with van der Waals surface area (Å²) < 4.78 is 8.55. The Morgan fingerprint density at radius 3 is 1.13 bits per heavy atom. The molecule has 23 heavy (non-hydrogen) atoms. The zero-order chi connectivity index (χ0) is 17.0. The first-order chi connectivity index (χ1) is 9.83. The molecular weight excluding hydrogens is 576 g/mol. The summed E-state index contributed by atoms with van der Waals surface area (Å²) in [5, 5.41) is 0. The van der Waals surface area contributed by atoms with Crippen LogP contribution in [-0.4, -0.2) is 0 Å². The largest absolute Gasteiger partial charge is 3.00 e. The van der Waals surface area contributed by atoms with Gasteiger partial charge in [0, 0.05) is 0 Å². The van der Waals surface area contributed by atoms with Crippen LogP contribution in [-0.2, 0) is 4.57 Å². The summed E-state index contributed by atoms with van der Waals surface area (Å²) >= 11 is 0. The number of phosphoric acid groups is 1. The third-order valence-corrected chi connectivity index (χ3v) is 2.69. The van der Waals surface area contributed by atoms with Crippen molar-refractivity contribution in [1.82, 2.24) is 0 Å². The summed E-state index contributed by atoms with van der Waals surface area (Å²) in [6, 6.07) is 0. The zero-order valence-corrected chi connectivity index (χ0v) is 22.6. The van der Waals surface area contributed by atoms with Crippen molar-refractivity contribution in [2.75, 3.05) is 0 Å². The number of rotatable bonds is 10. The molecule has 0 bridgehead atoms. The minimum Gasteiger partial charge on any atom is -0.822 e. The Balaban J connectivity index is -0.0000000693. The summed E-state index contributed by atoms with van der Waals surface area (Å²) in [6.07, 6.45) is 18.2. The van der Waals surface area contributed by atoms with E-state index in [0.29, 0.717) is 0 Å². The molecule has 134 valence electrons. The van der Waals surface area contributed by atoms with Gasteiger partial charge < -0.3 is 32.1 Å². The summed E-state index contributed by atoms with van der Waals surface area (Å²) in [6.45, 7) is 8.75. The van der Waals surface area contributed by atoms with Gasteiger partial charge in [-0.3, -0.25) is 0 Å². The Bertz CT molecular complexity index is 182. The molecule has 0 aliphatic rings. The molecule has 2 radical (unpaired) electrons. The first-order valence-electron chi connectivity index (χ1n) is 8.12. The molecule has 0 aliphatic heterocycles. The predicted octanol–water partition coefficient (Wildman–Crippen LogP) is 3.54. The van der Waals surface area contributed by atoms with Gasteiger partial charge in [-0.1, -0.05) is 65.2 Å². The minimum absolute atomic E-state index is 0. The summed E-state index contributed by atoms with van der Waals surface area (Å²) in [5.41, 5.74) is 0. The topological polar surface area (TPSA) is 86.2 Å². The van der Waals surface area contributed by atoms with Crippen molar-refractivity contribution in [3.63, 3.8) is 0 Å². The van der Waals surface area contributed by atoms with Gasteiger partial charge in [0.05, 0.1) is 0 Å². The summed E-state index contributed by atoms with van der Waals surface area (Å²) in [4.78, 5) is 25.6. The molecule has 0 saturated heterocycles. The van der Waals surface area contributed by atoms with E-state index in [-0.39, 0.29) is 81.7 Å². The van der Waals surface area contributed by atoms with E-state index in [4.69, 9.17) is 19.2 Å². The van der Waals surface area contributed by atoms with Crippen LogP contribution in [0.15, 0.2) is 0 Å². The average molecular weight is 610 g/mol. The summed E-state index contributed by atoms with van der Waals surface area (Å²) in [5.74, 6) is 0. The van der Waals surface area contributed by atoms with Crippen LogP contribution in [0.3, 0.4) is 0 Å². The maximum atomic E-state index is 8.55. The molecular formula is C16H34Nd2O4P+. The standard InChI is InChI=1S/2C8H17.2Nd.H3O4P/c2*1-3-5-7-8-6-4-2;;;1-5(2,3)4/h2*3H,4-8H2,1-2H3;;;(H3,1,2,3,4)/q2*-1;2*+3;/p-3.